The largest absolute Gasteiger partial charge is 0.326 e. The third-order valence-electron chi connectivity index (χ3n) is 4.48. The Labute approximate surface area is 128 Å². The van der Waals surface area contributed by atoms with Crippen LogP contribution in [0.3, 0.4) is 0 Å². The lowest BCUT2D eigenvalue weighted by Crippen LogP contribution is -2.43. The molecule has 1 aromatic rings. The Hall–Kier alpha value is -1.19. The van der Waals surface area contributed by atoms with Crippen LogP contribution in [0.1, 0.15) is 56.6 Å². The molecule has 0 saturated heterocycles. The second-order valence-electron chi connectivity index (χ2n) is 6.23. The summed E-state index contributed by atoms with van der Waals surface area (Å²) >= 11 is 0. The Bertz CT molecular complexity index is 452. The zero-order valence-corrected chi connectivity index (χ0v) is 13.1. The molecule has 1 aliphatic rings. The summed E-state index contributed by atoms with van der Waals surface area (Å²) in [6.07, 6.45) is 8.16. The molecule has 21 heavy (non-hydrogen) atoms. The molecule has 0 amide bonds. The van der Waals surface area contributed by atoms with E-state index >= 15 is 0 Å². The smallest absolute Gasteiger partial charge is 0.146 e. The fraction of sp³-hybridized carbons (Fsp3) is 0.611. The summed E-state index contributed by atoms with van der Waals surface area (Å²) in [6, 6.07) is 8.90. The Morgan fingerprint density at radius 3 is 2.67 bits per heavy atom. The van der Waals surface area contributed by atoms with E-state index in [9.17, 15) is 4.79 Å². The van der Waals surface area contributed by atoms with Crippen LogP contribution in [0, 0.1) is 0 Å². The molecule has 3 N–H and O–H groups in total. The van der Waals surface area contributed by atoms with E-state index in [0.717, 1.165) is 18.4 Å². The van der Waals surface area contributed by atoms with Gasteiger partial charge in [0.1, 0.15) is 5.78 Å². The minimum absolute atomic E-state index is 0.00497. The number of carbonyl (C=O) groups is 1. The van der Waals surface area contributed by atoms with Crippen molar-refractivity contribution in [1.82, 2.24) is 5.32 Å². The van der Waals surface area contributed by atoms with Crippen molar-refractivity contribution >= 4 is 5.78 Å². The molecule has 1 atom stereocenters. The summed E-state index contributed by atoms with van der Waals surface area (Å²) < 4.78 is 0. The van der Waals surface area contributed by atoms with Gasteiger partial charge in [-0.3, -0.25) is 4.79 Å². The van der Waals surface area contributed by atoms with Crippen LogP contribution >= 0.6 is 0 Å². The van der Waals surface area contributed by atoms with Gasteiger partial charge in [0.05, 0.1) is 6.04 Å². The van der Waals surface area contributed by atoms with Gasteiger partial charge < -0.3 is 11.1 Å². The minimum atomic E-state index is -0.00497. The number of benzene rings is 1. The van der Waals surface area contributed by atoms with Crippen molar-refractivity contribution in [1.29, 1.82) is 0 Å². The Morgan fingerprint density at radius 2 is 2.00 bits per heavy atom. The van der Waals surface area contributed by atoms with E-state index in [2.05, 4.69) is 23.5 Å². The molecule has 0 aliphatic heterocycles. The third-order valence-corrected chi connectivity index (χ3v) is 4.48. The number of carbonyl (C=O) groups excluding carboxylic acids is 1. The summed E-state index contributed by atoms with van der Waals surface area (Å²) in [5.74, 6) is 0.260. The number of hydrogen-bond donors (Lipinski definition) is 2. The topological polar surface area (TPSA) is 55.1 Å². The number of nitrogens with one attached hydrogen (secondary N) is 1. The molecule has 0 aromatic heterocycles. The summed E-state index contributed by atoms with van der Waals surface area (Å²) in [7, 11) is 0. The second kappa shape index (κ2) is 8.30. The van der Waals surface area contributed by atoms with Crippen LogP contribution in [-0.4, -0.2) is 17.9 Å². The lowest BCUT2D eigenvalue weighted by atomic mass is 9.93. The first-order valence-corrected chi connectivity index (χ1v) is 8.23. The van der Waals surface area contributed by atoms with Gasteiger partial charge in [-0.1, -0.05) is 43.5 Å². The molecule has 3 nitrogen and oxygen atoms in total. The Balaban J connectivity index is 1.88. The summed E-state index contributed by atoms with van der Waals surface area (Å²) in [4.78, 5) is 11.9. The zero-order chi connectivity index (χ0) is 15.1. The van der Waals surface area contributed by atoms with E-state index < -0.39 is 0 Å². The van der Waals surface area contributed by atoms with Crippen LogP contribution in [0.5, 0.6) is 0 Å². The Morgan fingerprint density at radius 1 is 1.29 bits per heavy atom. The first kappa shape index (κ1) is 16.2. The Kier molecular flexibility index (Phi) is 6.40. The predicted octanol–water partition coefficient (Wildman–Crippen LogP) is 2.96. The molecular weight excluding hydrogens is 260 g/mol. The molecule has 0 spiro atoms. The molecule has 3 heteroatoms. The summed E-state index contributed by atoms with van der Waals surface area (Å²) in [5.41, 5.74) is 8.11. The lowest BCUT2D eigenvalue weighted by Gasteiger charge is -2.27. The molecule has 0 radical (unpaired) electrons. The monoisotopic (exact) mass is 288 g/mol. The molecule has 1 saturated carbocycles. The first-order chi connectivity index (χ1) is 10.2. The normalized spacial score (nSPS) is 17.6. The predicted molar refractivity (Wildman–Crippen MR) is 87.1 cm³/mol. The second-order valence-corrected chi connectivity index (χ2v) is 6.23. The molecule has 2 rings (SSSR count). The van der Waals surface area contributed by atoms with Crippen molar-refractivity contribution < 1.29 is 4.79 Å². The average Bonchev–Trinajstić information content (AvgIpc) is 2.52. The maximum absolute atomic E-state index is 11.9. The van der Waals surface area contributed by atoms with E-state index in [1.165, 1.54) is 37.7 Å². The van der Waals surface area contributed by atoms with Gasteiger partial charge in [0.15, 0.2) is 0 Å². The van der Waals surface area contributed by atoms with Crippen LogP contribution in [0.4, 0.5) is 0 Å². The molecule has 1 aliphatic carbocycles. The van der Waals surface area contributed by atoms with E-state index in [1.807, 2.05) is 6.07 Å². The molecular formula is C18H28N2O. The van der Waals surface area contributed by atoms with Crippen molar-refractivity contribution in [2.75, 3.05) is 0 Å². The number of aryl methyl sites for hydroxylation is 1. The van der Waals surface area contributed by atoms with Gasteiger partial charge >= 0.3 is 0 Å². The van der Waals surface area contributed by atoms with Crippen LogP contribution in [0.2, 0.25) is 0 Å². The average molecular weight is 288 g/mol. The molecule has 116 valence electrons. The summed E-state index contributed by atoms with van der Waals surface area (Å²) in [5, 5.41) is 3.58. The fourth-order valence-corrected chi connectivity index (χ4v) is 3.18. The molecule has 0 heterocycles. The van der Waals surface area contributed by atoms with Crippen LogP contribution in [0.15, 0.2) is 24.3 Å². The highest BCUT2D eigenvalue weighted by Crippen LogP contribution is 2.19. The van der Waals surface area contributed by atoms with E-state index in [-0.39, 0.29) is 11.8 Å². The maximum Gasteiger partial charge on any atom is 0.146 e. The highest BCUT2D eigenvalue weighted by molar-refractivity contribution is 5.81. The van der Waals surface area contributed by atoms with E-state index in [0.29, 0.717) is 12.6 Å². The quantitative estimate of drug-likeness (QED) is 0.811. The van der Waals surface area contributed by atoms with Crippen LogP contribution in [-0.2, 0) is 17.8 Å². The lowest BCUT2D eigenvalue weighted by molar-refractivity contribution is -0.119. The van der Waals surface area contributed by atoms with Crippen molar-refractivity contribution in [3.63, 3.8) is 0 Å². The number of ketones is 1. The van der Waals surface area contributed by atoms with E-state index in [1.54, 1.807) is 6.92 Å². The van der Waals surface area contributed by atoms with Crippen molar-refractivity contribution in [3.8, 4) is 0 Å². The van der Waals surface area contributed by atoms with Crippen LogP contribution < -0.4 is 11.1 Å². The molecule has 0 unspecified atom stereocenters. The SMILES string of the molecule is CC(=O)[C@@H](CCc1cccc(CN)c1)NC1CCCCC1. The van der Waals surface area contributed by atoms with Gasteiger partial charge in [-0.15, -0.1) is 0 Å². The van der Waals surface area contributed by atoms with Gasteiger partial charge in [-0.25, -0.2) is 0 Å². The van der Waals surface area contributed by atoms with Gasteiger partial charge in [0.2, 0.25) is 0 Å². The number of nitrogens with two attached hydrogens (primary N) is 1. The van der Waals surface area contributed by atoms with Gasteiger partial charge in [-0.2, -0.15) is 0 Å². The minimum Gasteiger partial charge on any atom is -0.326 e. The van der Waals surface area contributed by atoms with Gasteiger partial charge in [0.25, 0.3) is 0 Å². The molecule has 1 fully saturated rings. The third kappa shape index (κ3) is 5.25. The highest BCUT2D eigenvalue weighted by Gasteiger charge is 2.20. The van der Waals surface area contributed by atoms with Gasteiger partial charge in [0, 0.05) is 12.6 Å². The number of hydrogen-bond acceptors (Lipinski definition) is 3. The number of Topliss-reactive ketones (excluding diaryl/α,β-unsaturated/α-hetero) is 1. The van der Waals surface area contributed by atoms with Crippen molar-refractivity contribution in [2.24, 2.45) is 5.73 Å². The van der Waals surface area contributed by atoms with Crippen molar-refractivity contribution in [2.45, 2.75) is 70.5 Å². The first-order valence-electron chi connectivity index (χ1n) is 8.23. The number of rotatable bonds is 7. The zero-order valence-electron chi connectivity index (χ0n) is 13.1. The van der Waals surface area contributed by atoms with Gasteiger partial charge in [-0.05, 0) is 43.7 Å². The fourth-order valence-electron chi connectivity index (χ4n) is 3.18. The standard InChI is InChI=1S/C18H28N2O/c1-14(21)18(20-17-8-3-2-4-9-17)11-10-15-6-5-7-16(12-15)13-19/h5-7,12,17-18,20H,2-4,8-11,13,19H2,1H3/t18-/m1/s1. The van der Waals surface area contributed by atoms with Crippen LogP contribution in [0.25, 0.3) is 0 Å². The highest BCUT2D eigenvalue weighted by atomic mass is 16.1. The van der Waals surface area contributed by atoms with Crippen molar-refractivity contribution in [3.05, 3.63) is 35.4 Å². The molecule has 0 bridgehead atoms. The summed E-state index contributed by atoms with van der Waals surface area (Å²) in [6.45, 7) is 2.28. The molecule has 1 aromatic carbocycles. The van der Waals surface area contributed by atoms with E-state index in [4.69, 9.17) is 5.73 Å². The maximum atomic E-state index is 11.9.